The molecule has 92 valence electrons. The number of imide groups is 1. The van der Waals surface area contributed by atoms with E-state index in [9.17, 15) is 9.59 Å². The maximum absolute atomic E-state index is 11.8. The summed E-state index contributed by atoms with van der Waals surface area (Å²) < 4.78 is 0. The predicted molar refractivity (Wildman–Crippen MR) is 68.7 cm³/mol. The second-order valence-electron chi connectivity index (χ2n) is 3.95. The zero-order chi connectivity index (χ0) is 12.8. The Labute approximate surface area is 105 Å². The lowest BCUT2D eigenvalue weighted by atomic mass is 10.1. The molecule has 0 unspecified atom stereocenters. The number of carbonyl (C=O) groups excluding carboxylic acids is 2. The van der Waals surface area contributed by atoms with E-state index in [1.165, 1.54) is 11.8 Å². The molecule has 1 atom stereocenters. The molecule has 1 aromatic rings. The third-order valence-corrected chi connectivity index (χ3v) is 3.67. The highest BCUT2D eigenvalue weighted by molar-refractivity contribution is 8.00. The van der Waals surface area contributed by atoms with Crippen LogP contribution in [-0.2, 0) is 4.79 Å². The van der Waals surface area contributed by atoms with Gasteiger partial charge < -0.3 is 5.73 Å². The first-order valence-corrected chi connectivity index (χ1v) is 6.20. The first-order valence-electron chi connectivity index (χ1n) is 5.32. The van der Waals surface area contributed by atoms with Crippen LogP contribution in [0.25, 0.3) is 0 Å². The molecule has 3 amide bonds. The van der Waals surface area contributed by atoms with Crippen LogP contribution in [0.4, 0.5) is 4.79 Å². The molecule has 1 aromatic carbocycles. The van der Waals surface area contributed by atoms with Crippen molar-refractivity contribution in [1.82, 2.24) is 5.32 Å². The van der Waals surface area contributed by atoms with Crippen LogP contribution in [0.15, 0.2) is 35.2 Å². The van der Waals surface area contributed by atoms with Gasteiger partial charge in [-0.1, -0.05) is 32.0 Å². The highest BCUT2D eigenvalue weighted by atomic mass is 32.2. The summed E-state index contributed by atoms with van der Waals surface area (Å²) in [6.45, 7) is 3.86. The van der Waals surface area contributed by atoms with Crippen LogP contribution in [-0.4, -0.2) is 17.2 Å². The molecule has 0 radical (unpaired) electrons. The molecular formula is C12H16N2O2S. The minimum atomic E-state index is -0.811. The maximum Gasteiger partial charge on any atom is 0.318 e. The number of hydrogen-bond acceptors (Lipinski definition) is 3. The van der Waals surface area contributed by atoms with Gasteiger partial charge in [-0.25, -0.2) is 4.79 Å². The third-order valence-electron chi connectivity index (χ3n) is 2.12. The minimum Gasteiger partial charge on any atom is -0.351 e. The van der Waals surface area contributed by atoms with Crippen LogP contribution in [0.2, 0.25) is 0 Å². The molecule has 0 heterocycles. The molecule has 5 heteroatoms. The lowest BCUT2D eigenvalue weighted by molar-refractivity contribution is -0.120. The van der Waals surface area contributed by atoms with Crippen LogP contribution < -0.4 is 11.1 Å². The molecule has 0 aliphatic rings. The number of amides is 3. The Morgan fingerprint density at radius 2 is 1.82 bits per heavy atom. The molecular weight excluding hydrogens is 236 g/mol. The van der Waals surface area contributed by atoms with Gasteiger partial charge >= 0.3 is 6.03 Å². The van der Waals surface area contributed by atoms with Crippen molar-refractivity contribution in [1.29, 1.82) is 0 Å². The molecule has 0 fully saturated rings. The SMILES string of the molecule is CC(C)[C@H](Sc1ccccc1)C(=O)NC(N)=O. The monoisotopic (exact) mass is 252 g/mol. The van der Waals surface area contributed by atoms with Gasteiger partial charge in [0.25, 0.3) is 0 Å². The largest absolute Gasteiger partial charge is 0.351 e. The fourth-order valence-electron chi connectivity index (χ4n) is 1.33. The summed E-state index contributed by atoms with van der Waals surface area (Å²) in [6, 6.07) is 8.78. The van der Waals surface area contributed by atoms with Crippen LogP contribution in [0, 0.1) is 5.92 Å². The first kappa shape index (κ1) is 13.6. The number of benzene rings is 1. The molecule has 0 saturated heterocycles. The molecule has 0 spiro atoms. The summed E-state index contributed by atoms with van der Waals surface area (Å²) in [5, 5.41) is 1.79. The summed E-state index contributed by atoms with van der Waals surface area (Å²) in [5.74, 6) is -0.235. The van der Waals surface area contributed by atoms with Crippen LogP contribution in [0.1, 0.15) is 13.8 Å². The van der Waals surface area contributed by atoms with E-state index in [1.54, 1.807) is 0 Å². The van der Waals surface area contributed by atoms with E-state index in [2.05, 4.69) is 5.32 Å². The number of primary amides is 1. The second-order valence-corrected chi connectivity index (χ2v) is 5.16. The number of nitrogens with one attached hydrogen (secondary N) is 1. The zero-order valence-electron chi connectivity index (χ0n) is 9.84. The smallest absolute Gasteiger partial charge is 0.318 e. The lowest BCUT2D eigenvalue weighted by Crippen LogP contribution is -2.42. The van der Waals surface area contributed by atoms with Crippen molar-refractivity contribution in [2.45, 2.75) is 24.0 Å². The number of carbonyl (C=O) groups is 2. The van der Waals surface area contributed by atoms with Gasteiger partial charge in [-0.05, 0) is 18.1 Å². The van der Waals surface area contributed by atoms with E-state index in [0.717, 1.165) is 4.90 Å². The fraction of sp³-hybridized carbons (Fsp3) is 0.333. The Kier molecular flexibility index (Phi) is 5.03. The number of urea groups is 1. The number of rotatable bonds is 4. The van der Waals surface area contributed by atoms with Crippen molar-refractivity contribution >= 4 is 23.7 Å². The quantitative estimate of drug-likeness (QED) is 0.805. The Hall–Kier alpha value is -1.49. The van der Waals surface area contributed by atoms with Crippen LogP contribution in [0.5, 0.6) is 0 Å². The normalized spacial score (nSPS) is 12.2. The Morgan fingerprint density at radius 1 is 1.24 bits per heavy atom. The summed E-state index contributed by atoms with van der Waals surface area (Å²) in [6.07, 6.45) is 0. The molecule has 3 N–H and O–H groups in total. The molecule has 0 saturated carbocycles. The van der Waals surface area contributed by atoms with Gasteiger partial charge in [-0.15, -0.1) is 11.8 Å². The van der Waals surface area contributed by atoms with Gasteiger partial charge in [0.15, 0.2) is 0 Å². The molecule has 0 aromatic heterocycles. The fourth-order valence-corrected chi connectivity index (χ4v) is 2.38. The van der Waals surface area contributed by atoms with E-state index in [1.807, 2.05) is 44.2 Å². The van der Waals surface area contributed by atoms with Crippen molar-refractivity contribution in [2.75, 3.05) is 0 Å². The number of thioether (sulfide) groups is 1. The topological polar surface area (TPSA) is 72.2 Å². The Balaban J connectivity index is 2.73. The van der Waals surface area contributed by atoms with Gasteiger partial charge in [0.05, 0.1) is 5.25 Å². The third kappa shape index (κ3) is 4.48. The molecule has 0 aliphatic heterocycles. The summed E-state index contributed by atoms with van der Waals surface area (Å²) in [4.78, 5) is 23.4. The molecule has 0 aliphatic carbocycles. The van der Waals surface area contributed by atoms with Crippen molar-refractivity contribution in [3.05, 3.63) is 30.3 Å². The van der Waals surface area contributed by atoms with E-state index in [0.29, 0.717) is 0 Å². The Bertz CT molecular complexity index is 393. The summed E-state index contributed by atoms with van der Waals surface area (Å²) in [5.41, 5.74) is 4.94. The minimum absolute atomic E-state index is 0.111. The van der Waals surface area contributed by atoms with Gasteiger partial charge in [0.1, 0.15) is 0 Å². The first-order chi connectivity index (χ1) is 8.00. The average molecular weight is 252 g/mol. The van der Waals surface area contributed by atoms with E-state index < -0.39 is 6.03 Å². The summed E-state index contributed by atoms with van der Waals surface area (Å²) in [7, 11) is 0. The highest BCUT2D eigenvalue weighted by Crippen LogP contribution is 2.27. The lowest BCUT2D eigenvalue weighted by Gasteiger charge is -2.18. The molecule has 4 nitrogen and oxygen atoms in total. The van der Waals surface area contributed by atoms with Gasteiger partial charge in [0.2, 0.25) is 5.91 Å². The Morgan fingerprint density at radius 3 is 2.29 bits per heavy atom. The number of hydrogen-bond donors (Lipinski definition) is 2. The summed E-state index contributed by atoms with van der Waals surface area (Å²) >= 11 is 1.43. The standard InChI is InChI=1S/C12H16N2O2S/c1-8(2)10(11(15)14-12(13)16)17-9-6-4-3-5-7-9/h3-8,10H,1-2H3,(H3,13,14,15,16)/t10-/m0/s1. The van der Waals surface area contributed by atoms with Gasteiger partial charge in [-0.3, -0.25) is 10.1 Å². The van der Waals surface area contributed by atoms with Crippen molar-refractivity contribution in [2.24, 2.45) is 11.7 Å². The van der Waals surface area contributed by atoms with Crippen molar-refractivity contribution in [3.63, 3.8) is 0 Å². The van der Waals surface area contributed by atoms with E-state index in [4.69, 9.17) is 5.73 Å². The second kappa shape index (κ2) is 6.30. The highest BCUT2D eigenvalue weighted by Gasteiger charge is 2.24. The maximum atomic E-state index is 11.8. The van der Waals surface area contributed by atoms with Gasteiger partial charge in [-0.2, -0.15) is 0 Å². The molecule has 0 bridgehead atoms. The molecule has 1 rings (SSSR count). The number of nitrogens with two attached hydrogens (primary N) is 1. The van der Waals surface area contributed by atoms with Gasteiger partial charge in [0, 0.05) is 4.90 Å². The van der Waals surface area contributed by atoms with Crippen molar-refractivity contribution < 1.29 is 9.59 Å². The predicted octanol–water partition coefficient (Wildman–Crippen LogP) is 2.00. The molecule has 17 heavy (non-hydrogen) atoms. The van der Waals surface area contributed by atoms with E-state index >= 15 is 0 Å². The van der Waals surface area contributed by atoms with Crippen LogP contribution in [0.3, 0.4) is 0 Å². The van der Waals surface area contributed by atoms with E-state index in [-0.39, 0.29) is 17.1 Å². The van der Waals surface area contributed by atoms with Crippen molar-refractivity contribution in [3.8, 4) is 0 Å². The average Bonchev–Trinajstić information content (AvgIpc) is 2.25. The van der Waals surface area contributed by atoms with Crippen LogP contribution >= 0.6 is 11.8 Å². The zero-order valence-corrected chi connectivity index (χ0v) is 10.7.